The lowest BCUT2D eigenvalue weighted by molar-refractivity contribution is -0.115. The number of hydrogen-bond acceptors (Lipinski definition) is 8. The van der Waals surface area contributed by atoms with E-state index in [1.165, 1.54) is 11.8 Å². The van der Waals surface area contributed by atoms with Crippen molar-refractivity contribution in [1.29, 1.82) is 0 Å². The minimum atomic E-state index is -0.591. The van der Waals surface area contributed by atoms with Crippen molar-refractivity contribution in [2.24, 2.45) is 7.05 Å². The van der Waals surface area contributed by atoms with Gasteiger partial charge in [0.25, 0.3) is 0 Å². The van der Waals surface area contributed by atoms with Gasteiger partial charge in [0.15, 0.2) is 5.16 Å². The van der Waals surface area contributed by atoms with Gasteiger partial charge in [0.1, 0.15) is 9.88 Å². The SMILES string of the molecule is CCOC(=O)c1sc(NC(=O)C(C)Sc2nccn2C)c(C(=O)OCC)c1C. The Labute approximate surface area is 171 Å². The molecule has 0 fully saturated rings. The summed E-state index contributed by atoms with van der Waals surface area (Å²) in [5, 5.41) is 3.26. The van der Waals surface area contributed by atoms with Crippen LogP contribution in [0, 0.1) is 6.92 Å². The summed E-state index contributed by atoms with van der Waals surface area (Å²) in [6.45, 7) is 7.16. The van der Waals surface area contributed by atoms with Gasteiger partial charge >= 0.3 is 11.9 Å². The fraction of sp³-hybridized carbons (Fsp3) is 0.444. The molecule has 0 radical (unpaired) electrons. The van der Waals surface area contributed by atoms with E-state index in [1.807, 2.05) is 11.6 Å². The normalized spacial score (nSPS) is 11.8. The fourth-order valence-corrected chi connectivity index (χ4v) is 4.26. The number of carbonyl (C=O) groups excluding carboxylic acids is 3. The van der Waals surface area contributed by atoms with Crippen LogP contribution >= 0.6 is 23.1 Å². The number of hydrogen-bond donors (Lipinski definition) is 1. The van der Waals surface area contributed by atoms with Crippen molar-refractivity contribution in [2.75, 3.05) is 18.5 Å². The number of aromatic nitrogens is 2. The molecule has 2 rings (SSSR count). The molecule has 0 aliphatic heterocycles. The van der Waals surface area contributed by atoms with Gasteiger partial charge in [0.2, 0.25) is 5.91 Å². The van der Waals surface area contributed by atoms with Crippen molar-refractivity contribution in [2.45, 2.75) is 38.1 Å². The van der Waals surface area contributed by atoms with Crippen LogP contribution in [0.25, 0.3) is 0 Å². The van der Waals surface area contributed by atoms with Crippen LogP contribution in [0.15, 0.2) is 17.6 Å². The predicted octanol–water partition coefficient (Wildman–Crippen LogP) is 3.26. The van der Waals surface area contributed by atoms with Crippen molar-refractivity contribution in [3.05, 3.63) is 28.4 Å². The Morgan fingerprint density at radius 3 is 2.46 bits per heavy atom. The molecule has 0 saturated carbocycles. The second kappa shape index (κ2) is 9.74. The summed E-state index contributed by atoms with van der Waals surface area (Å²) in [4.78, 5) is 41.7. The van der Waals surface area contributed by atoms with E-state index in [0.717, 1.165) is 11.3 Å². The Morgan fingerprint density at radius 2 is 1.89 bits per heavy atom. The Morgan fingerprint density at radius 1 is 1.25 bits per heavy atom. The Kier molecular flexibility index (Phi) is 7.64. The highest BCUT2D eigenvalue weighted by Gasteiger charge is 2.28. The number of nitrogens with zero attached hydrogens (tertiary/aromatic N) is 2. The highest BCUT2D eigenvalue weighted by Crippen LogP contribution is 2.35. The summed E-state index contributed by atoms with van der Waals surface area (Å²) in [6, 6.07) is 0. The van der Waals surface area contributed by atoms with E-state index in [1.54, 1.807) is 40.1 Å². The van der Waals surface area contributed by atoms with Crippen LogP contribution in [-0.4, -0.2) is 45.9 Å². The lowest BCUT2D eigenvalue weighted by Crippen LogP contribution is -2.23. The van der Waals surface area contributed by atoms with E-state index in [0.29, 0.717) is 10.7 Å². The first-order valence-electron chi connectivity index (χ1n) is 8.72. The predicted molar refractivity (Wildman–Crippen MR) is 108 cm³/mol. The zero-order valence-electron chi connectivity index (χ0n) is 16.4. The number of thiophene rings is 1. The second-order valence-electron chi connectivity index (χ2n) is 5.77. The molecule has 0 aromatic carbocycles. The van der Waals surface area contributed by atoms with Gasteiger partial charge in [-0.2, -0.15) is 0 Å². The third-order valence-electron chi connectivity index (χ3n) is 3.75. The number of amides is 1. The molecule has 2 heterocycles. The zero-order chi connectivity index (χ0) is 20.8. The van der Waals surface area contributed by atoms with Gasteiger partial charge in [0.05, 0.1) is 24.0 Å². The lowest BCUT2D eigenvalue weighted by Gasteiger charge is -2.12. The number of anilines is 1. The smallest absolute Gasteiger partial charge is 0.348 e. The summed E-state index contributed by atoms with van der Waals surface area (Å²) >= 11 is 2.30. The first-order valence-corrected chi connectivity index (χ1v) is 10.4. The number of ether oxygens (including phenoxy) is 2. The van der Waals surface area contributed by atoms with E-state index < -0.39 is 17.2 Å². The molecule has 1 amide bonds. The van der Waals surface area contributed by atoms with Crippen LogP contribution in [-0.2, 0) is 21.3 Å². The molecule has 0 aliphatic carbocycles. The Hall–Kier alpha value is -2.33. The maximum Gasteiger partial charge on any atom is 0.348 e. The number of rotatable bonds is 8. The van der Waals surface area contributed by atoms with Crippen molar-refractivity contribution >= 4 is 45.9 Å². The third kappa shape index (κ3) is 4.93. The quantitative estimate of drug-likeness (QED) is 0.512. The van der Waals surface area contributed by atoms with E-state index in [9.17, 15) is 14.4 Å². The van der Waals surface area contributed by atoms with Crippen molar-refractivity contribution in [3.8, 4) is 0 Å². The van der Waals surface area contributed by atoms with Gasteiger partial charge < -0.3 is 19.4 Å². The van der Waals surface area contributed by atoms with Crippen LogP contribution in [0.4, 0.5) is 5.00 Å². The highest BCUT2D eigenvalue weighted by atomic mass is 32.2. The largest absolute Gasteiger partial charge is 0.462 e. The maximum atomic E-state index is 12.7. The summed E-state index contributed by atoms with van der Waals surface area (Å²) < 4.78 is 11.9. The van der Waals surface area contributed by atoms with E-state index in [4.69, 9.17) is 9.47 Å². The first kappa shape index (κ1) is 22.0. The van der Waals surface area contributed by atoms with Gasteiger partial charge in [-0.3, -0.25) is 4.79 Å². The lowest BCUT2D eigenvalue weighted by atomic mass is 10.1. The minimum absolute atomic E-state index is 0.178. The molecule has 1 N–H and O–H groups in total. The van der Waals surface area contributed by atoms with Gasteiger partial charge in [0, 0.05) is 19.4 Å². The minimum Gasteiger partial charge on any atom is -0.462 e. The number of aryl methyl sites for hydroxylation is 1. The molecule has 0 bridgehead atoms. The molecule has 2 aromatic rings. The molecule has 0 aliphatic rings. The van der Waals surface area contributed by atoms with E-state index >= 15 is 0 Å². The van der Waals surface area contributed by atoms with Crippen molar-refractivity contribution in [1.82, 2.24) is 9.55 Å². The molecule has 10 heteroatoms. The number of thioether (sulfide) groups is 1. The molecular formula is C18H23N3O5S2. The Bertz CT molecular complexity index is 875. The summed E-state index contributed by atoms with van der Waals surface area (Å²) in [7, 11) is 1.84. The van der Waals surface area contributed by atoms with Gasteiger partial charge in [-0.05, 0) is 33.3 Å². The van der Waals surface area contributed by atoms with E-state index in [2.05, 4.69) is 10.3 Å². The molecule has 28 heavy (non-hydrogen) atoms. The average Bonchev–Trinajstić information content (AvgIpc) is 3.18. The molecule has 1 unspecified atom stereocenters. The van der Waals surface area contributed by atoms with Crippen molar-refractivity contribution in [3.63, 3.8) is 0 Å². The van der Waals surface area contributed by atoms with Gasteiger partial charge in [-0.15, -0.1) is 11.3 Å². The fourth-order valence-electron chi connectivity index (χ4n) is 2.33. The van der Waals surface area contributed by atoms with Crippen LogP contribution in [0.5, 0.6) is 0 Å². The standard InChI is InChI=1S/C18H23N3O5S2/c1-6-25-16(23)12-10(3)13(17(24)26-7-2)28-15(12)20-14(22)11(4)27-18-19-8-9-21(18)5/h8-9,11H,6-7H2,1-5H3,(H,20,22). The van der Waals surface area contributed by atoms with Crippen LogP contribution in [0.1, 0.15) is 46.4 Å². The summed E-state index contributed by atoms with van der Waals surface area (Å²) in [5.41, 5.74) is 0.610. The van der Waals surface area contributed by atoms with Crippen LogP contribution < -0.4 is 5.32 Å². The number of carbonyl (C=O) groups is 3. The number of imidazole rings is 1. The summed E-state index contributed by atoms with van der Waals surface area (Å²) in [5.74, 6) is -1.44. The van der Waals surface area contributed by atoms with E-state index in [-0.39, 0.29) is 34.6 Å². The van der Waals surface area contributed by atoms with Crippen LogP contribution in [0.3, 0.4) is 0 Å². The van der Waals surface area contributed by atoms with Gasteiger partial charge in [-0.25, -0.2) is 14.6 Å². The molecule has 8 nitrogen and oxygen atoms in total. The molecule has 0 saturated heterocycles. The molecule has 152 valence electrons. The highest BCUT2D eigenvalue weighted by molar-refractivity contribution is 8.00. The average molecular weight is 426 g/mol. The molecular weight excluding hydrogens is 402 g/mol. The second-order valence-corrected chi connectivity index (χ2v) is 8.10. The zero-order valence-corrected chi connectivity index (χ0v) is 18.0. The summed E-state index contributed by atoms with van der Waals surface area (Å²) in [6.07, 6.45) is 3.44. The molecule has 1 atom stereocenters. The third-order valence-corrected chi connectivity index (χ3v) is 6.11. The number of esters is 2. The maximum absolute atomic E-state index is 12.7. The topological polar surface area (TPSA) is 99.5 Å². The first-order chi connectivity index (χ1) is 13.3. The van der Waals surface area contributed by atoms with Crippen molar-refractivity contribution < 1.29 is 23.9 Å². The monoisotopic (exact) mass is 425 g/mol. The van der Waals surface area contributed by atoms with Crippen LogP contribution in [0.2, 0.25) is 0 Å². The number of nitrogens with one attached hydrogen (secondary N) is 1. The molecule has 0 spiro atoms. The van der Waals surface area contributed by atoms with Gasteiger partial charge in [-0.1, -0.05) is 11.8 Å². The molecule has 2 aromatic heterocycles. The Balaban J connectivity index is 2.28.